The molecule has 1 atom stereocenters. The minimum absolute atomic E-state index is 0.00392. The summed E-state index contributed by atoms with van der Waals surface area (Å²) >= 11 is 0. The Labute approximate surface area is 167 Å². The van der Waals surface area contributed by atoms with Crippen molar-refractivity contribution in [3.05, 3.63) is 24.2 Å². The Hall–Kier alpha value is -1.82. The lowest BCUT2D eigenvalue weighted by atomic mass is 9.77. The van der Waals surface area contributed by atoms with Gasteiger partial charge in [-0.3, -0.25) is 14.5 Å². The summed E-state index contributed by atoms with van der Waals surface area (Å²) in [6.07, 6.45) is 11.1. The lowest BCUT2D eigenvalue weighted by molar-refractivity contribution is -0.146. The Kier molecular flexibility index (Phi) is 6.04. The van der Waals surface area contributed by atoms with Crippen molar-refractivity contribution >= 4 is 11.8 Å². The first-order valence-electron chi connectivity index (χ1n) is 11.0. The molecule has 154 valence electrons. The predicted octanol–water partition coefficient (Wildman–Crippen LogP) is 2.79. The number of carbonyl (C=O) groups is 2. The molecule has 0 aromatic carbocycles. The van der Waals surface area contributed by atoms with Crippen LogP contribution < -0.4 is 5.32 Å². The summed E-state index contributed by atoms with van der Waals surface area (Å²) in [7, 11) is 0. The number of rotatable bonds is 6. The molecule has 3 fully saturated rings. The zero-order chi connectivity index (χ0) is 19.4. The zero-order valence-corrected chi connectivity index (χ0v) is 16.8. The summed E-state index contributed by atoms with van der Waals surface area (Å²) in [5.41, 5.74) is -0.256. The maximum atomic E-state index is 13.3. The van der Waals surface area contributed by atoms with Crippen molar-refractivity contribution in [3.8, 4) is 0 Å². The highest BCUT2D eigenvalue weighted by molar-refractivity contribution is 5.84. The summed E-state index contributed by atoms with van der Waals surface area (Å²) in [4.78, 5) is 29.9. The Balaban J connectivity index is 1.28. The molecule has 1 aromatic heterocycles. The third kappa shape index (κ3) is 4.43. The van der Waals surface area contributed by atoms with Crippen molar-refractivity contribution in [3.63, 3.8) is 0 Å². The van der Waals surface area contributed by atoms with Gasteiger partial charge in [-0.25, -0.2) is 0 Å². The fraction of sp³-hybridized carbons (Fsp3) is 0.727. The van der Waals surface area contributed by atoms with E-state index in [0.717, 1.165) is 51.2 Å². The quantitative estimate of drug-likeness (QED) is 0.815. The van der Waals surface area contributed by atoms with Crippen LogP contribution in [-0.4, -0.2) is 54.3 Å². The van der Waals surface area contributed by atoms with Gasteiger partial charge < -0.3 is 14.6 Å². The highest BCUT2D eigenvalue weighted by atomic mass is 16.3. The van der Waals surface area contributed by atoms with Crippen LogP contribution in [0.5, 0.6) is 0 Å². The van der Waals surface area contributed by atoms with E-state index in [-0.39, 0.29) is 11.3 Å². The average Bonchev–Trinajstić information content (AvgIpc) is 3.36. The number of hydrogen-bond acceptors (Lipinski definition) is 4. The zero-order valence-electron chi connectivity index (χ0n) is 16.8. The number of nitrogens with one attached hydrogen (secondary N) is 1. The number of carbonyl (C=O) groups excluding carboxylic acids is 2. The van der Waals surface area contributed by atoms with E-state index in [1.807, 2.05) is 12.1 Å². The summed E-state index contributed by atoms with van der Waals surface area (Å²) < 4.78 is 5.25. The van der Waals surface area contributed by atoms with E-state index in [0.29, 0.717) is 24.9 Å². The molecule has 0 bridgehead atoms. The molecule has 1 saturated carbocycles. The lowest BCUT2D eigenvalue weighted by Crippen LogP contribution is -2.51. The number of likely N-dealkylation sites (tertiary alicyclic amines) is 2. The molecule has 3 heterocycles. The molecule has 1 aromatic rings. The number of amides is 2. The van der Waals surface area contributed by atoms with Crippen LogP contribution in [0.15, 0.2) is 22.8 Å². The van der Waals surface area contributed by atoms with E-state index >= 15 is 0 Å². The van der Waals surface area contributed by atoms with E-state index < -0.39 is 0 Å². The molecule has 1 aliphatic carbocycles. The summed E-state index contributed by atoms with van der Waals surface area (Å²) in [5, 5.41) is 2.91. The molecule has 4 rings (SSSR count). The van der Waals surface area contributed by atoms with Crippen LogP contribution in [0.3, 0.4) is 0 Å². The lowest BCUT2D eigenvalue weighted by Gasteiger charge is -2.41. The minimum atomic E-state index is -0.256. The largest absolute Gasteiger partial charge is 0.467 e. The second-order valence-corrected chi connectivity index (χ2v) is 8.96. The van der Waals surface area contributed by atoms with E-state index in [1.165, 1.54) is 32.1 Å². The van der Waals surface area contributed by atoms with Crippen molar-refractivity contribution in [1.82, 2.24) is 15.1 Å². The fourth-order valence-electron chi connectivity index (χ4n) is 5.34. The molecule has 6 nitrogen and oxygen atoms in total. The number of hydrogen-bond donors (Lipinski definition) is 1. The van der Waals surface area contributed by atoms with Crippen molar-refractivity contribution < 1.29 is 14.0 Å². The number of nitrogens with zero attached hydrogens (tertiary/aromatic N) is 2. The summed E-state index contributed by atoms with van der Waals surface area (Å²) in [6, 6.07) is 3.67. The molecule has 2 aliphatic heterocycles. The molecule has 0 unspecified atom stereocenters. The van der Waals surface area contributed by atoms with Gasteiger partial charge in [-0.2, -0.15) is 0 Å². The Morgan fingerprint density at radius 1 is 1.18 bits per heavy atom. The van der Waals surface area contributed by atoms with Gasteiger partial charge >= 0.3 is 0 Å². The maximum Gasteiger partial charge on any atom is 0.234 e. The minimum Gasteiger partial charge on any atom is -0.467 e. The second kappa shape index (κ2) is 8.68. The van der Waals surface area contributed by atoms with Crippen LogP contribution in [0.4, 0.5) is 0 Å². The molecule has 2 saturated heterocycles. The Bertz CT molecular complexity index is 669. The third-order valence-corrected chi connectivity index (χ3v) is 6.87. The fourth-order valence-corrected chi connectivity index (χ4v) is 5.34. The van der Waals surface area contributed by atoms with Crippen molar-refractivity contribution in [2.75, 3.05) is 32.7 Å². The number of furan rings is 1. The Morgan fingerprint density at radius 3 is 2.82 bits per heavy atom. The molecule has 1 spiro atoms. The second-order valence-electron chi connectivity index (χ2n) is 8.96. The van der Waals surface area contributed by atoms with Gasteiger partial charge in [0.1, 0.15) is 5.76 Å². The van der Waals surface area contributed by atoms with Gasteiger partial charge in [0.2, 0.25) is 11.8 Å². The van der Waals surface area contributed by atoms with Crippen molar-refractivity contribution in [1.29, 1.82) is 0 Å². The summed E-state index contributed by atoms with van der Waals surface area (Å²) in [6.45, 7) is 4.20. The first-order chi connectivity index (χ1) is 13.6. The van der Waals surface area contributed by atoms with Crippen LogP contribution in [0.2, 0.25) is 0 Å². The first kappa shape index (κ1) is 19.5. The molecular formula is C22H33N3O3. The van der Waals surface area contributed by atoms with Crippen LogP contribution in [0, 0.1) is 11.3 Å². The van der Waals surface area contributed by atoms with Gasteiger partial charge in [-0.05, 0) is 56.7 Å². The van der Waals surface area contributed by atoms with Crippen molar-refractivity contribution in [2.45, 2.75) is 57.9 Å². The molecule has 6 heteroatoms. The number of piperidine rings is 1. The predicted molar refractivity (Wildman–Crippen MR) is 106 cm³/mol. The highest BCUT2D eigenvalue weighted by Gasteiger charge is 2.48. The van der Waals surface area contributed by atoms with Gasteiger partial charge in [-0.1, -0.05) is 19.3 Å². The highest BCUT2D eigenvalue weighted by Crippen LogP contribution is 2.40. The van der Waals surface area contributed by atoms with Gasteiger partial charge in [0.15, 0.2) is 0 Å². The smallest absolute Gasteiger partial charge is 0.234 e. The van der Waals surface area contributed by atoms with Crippen LogP contribution in [0.25, 0.3) is 0 Å². The van der Waals surface area contributed by atoms with Gasteiger partial charge in [0, 0.05) is 19.6 Å². The Morgan fingerprint density at radius 2 is 2.04 bits per heavy atom. The molecule has 2 amide bonds. The third-order valence-electron chi connectivity index (χ3n) is 6.87. The molecule has 3 aliphatic rings. The topological polar surface area (TPSA) is 65.8 Å². The SMILES string of the molecule is O=C(CN1CC[C@]2(CCCN(CC3CCCCC3)C2=O)C1)NCc1ccco1. The van der Waals surface area contributed by atoms with Gasteiger partial charge in [0.05, 0.1) is 24.8 Å². The van der Waals surface area contributed by atoms with E-state index in [1.54, 1.807) is 6.26 Å². The monoisotopic (exact) mass is 387 g/mol. The average molecular weight is 388 g/mol. The molecule has 28 heavy (non-hydrogen) atoms. The molecular weight excluding hydrogens is 354 g/mol. The normalized spacial score (nSPS) is 26.9. The first-order valence-corrected chi connectivity index (χ1v) is 11.0. The maximum absolute atomic E-state index is 13.3. The van der Waals surface area contributed by atoms with E-state index in [4.69, 9.17) is 4.42 Å². The van der Waals surface area contributed by atoms with E-state index in [2.05, 4.69) is 15.1 Å². The van der Waals surface area contributed by atoms with Crippen LogP contribution in [0.1, 0.15) is 57.1 Å². The van der Waals surface area contributed by atoms with Crippen molar-refractivity contribution in [2.24, 2.45) is 11.3 Å². The van der Waals surface area contributed by atoms with Gasteiger partial charge in [-0.15, -0.1) is 0 Å². The molecule has 1 N–H and O–H groups in total. The molecule has 0 radical (unpaired) electrons. The standard InChI is InChI=1S/C22H33N3O3/c26-20(23-14-19-8-4-13-28-19)16-24-12-10-22(17-24)9-5-11-25(21(22)27)15-18-6-2-1-3-7-18/h4,8,13,18H,1-3,5-7,9-12,14-17H2,(H,23,26)/t22-/m1/s1. The van der Waals surface area contributed by atoms with Crippen LogP contribution >= 0.6 is 0 Å². The van der Waals surface area contributed by atoms with Crippen LogP contribution in [-0.2, 0) is 16.1 Å². The van der Waals surface area contributed by atoms with E-state index in [9.17, 15) is 9.59 Å². The summed E-state index contributed by atoms with van der Waals surface area (Å²) in [5.74, 6) is 1.79. The van der Waals surface area contributed by atoms with Gasteiger partial charge in [0.25, 0.3) is 0 Å².